The van der Waals surface area contributed by atoms with E-state index in [0.717, 1.165) is 18.2 Å². The summed E-state index contributed by atoms with van der Waals surface area (Å²) in [6, 6.07) is 9.66. The summed E-state index contributed by atoms with van der Waals surface area (Å²) in [5.74, 6) is -0.382. The van der Waals surface area contributed by atoms with Crippen molar-refractivity contribution in [1.82, 2.24) is 9.97 Å². The Morgan fingerprint density at radius 1 is 0.968 bits per heavy atom. The third-order valence-electron chi connectivity index (χ3n) is 4.17. The predicted octanol–water partition coefficient (Wildman–Crippen LogP) is 4.38. The number of nitrogens with zero attached hydrogens (tertiary/aromatic N) is 2. The van der Waals surface area contributed by atoms with E-state index in [1.54, 1.807) is 24.3 Å². The summed E-state index contributed by atoms with van der Waals surface area (Å²) in [7, 11) is 1.50. The molecule has 0 spiro atoms. The molecular weight excluding hydrogens is 413 g/mol. The van der Waals surface area contributed by atoms with Gasteiger partial charge >= 0.3 is 6.18 Å². The average molecular weight is 430 g/mol. The molecule has 1 aromatic heterocycles. The maximum atomic E-state index is 13.1. The van der Waals surface area contributed by atoms with Crippen molar-refractivity contribution in [3.8, 4) is 17.1 Å². The number of methoxy groups -OCH3 is 1. The van der Waals surface area contributed by atoms with Gasteiger partial charge in [0, 0.05) is 19.3 Å². The van der Waals surface area contributed by atoms with E-state index in [1.807, 2.05) is 0 Å². The summed E-state index contributed by atoms with van der Waals surface area (Å²) >= 11 is 0. The number of rotatable bonds is 5. The van der Waals surface area contributed by atoms with Crippen LogP contribution in [0, 0.1) is 0 Å². The molecule has 0 unspecified atom stereocenters. The summed E-state index contributed by atoms with van der Waals surface area (Å²) in [5, 5.41) is 4.75. The van der Waals surface area contributed by atoms with Crippen LogP contribution >= 0.6 is 0 Å². The summed E-state index contributed by atoms with van der Waals surface area (Å²) < 4.78 is 44.4. The van der Waals surface area contributed by atoms with Gasteiger partial charge in [-0.1, -0.05) is 12.1 Å². The van der Waals surface area contributed by atoms with E-state index >= 15 is 0 Å². The molecule has 2 aromatic carbocycles. The molecule has 0 saturated carbocycles. The van der Waals surface area contributed by atoms with Gasteiger partial charge < -0.3 is 15.4 Å². The number of amides is 2. The zero-order valence-electron chi connectivity index (χ0n) is 16.4. The zero-order chi connectivity index (χ0) is 22.6. The standard InChI is InChI=1S/C21H17F3N4O3/c1-12(29)27-16-8-7-14(21(22,23)24)9-17(16)28-20(30)13-10-25-19(26-11-13)15-5-3-4-6-18(15)31-2/h3-11H,1-2H3,(H,27,29)(H,28,30). The number of anilines is 2. The molecule has 0 aliphatic carbocycles. The molecule has 31 heavy (non-hydrogen) atoms. The maximum absolute atomic E-state index is 13.1. The van der Waals surface area contributed by atoms with Gasteiger partial charge in [0.15, 0.2) is 5.82 Å². The Morgan fingerprint density at radius 3 is 2.26 bits per heavy atom. The second-order valence-corrected chi connectivity index (χ2v) is 6.39. The van der Waals surface area contributed by atoms with Crippen LogP contribution in [0.2, 0.25) is 0 Å². The quantitative estimate of drug-likeness (QED) is 0.627. The van der Waals surface area contributed by atoms with Crippen molar-refractivity contribution in [3.63, 3.8) is 0 Å². The lowest BCUT2D eigenvalue weighted by Gasteiger charge is -2.15. The van der Waals surface area contributed by atoms with Gasteiger partial charge in [0.05, 0.1) is 35.2 Å². The Morgan fingerprint density at radius 2 is 1.65 bits per heavy atom. The molecular formula is C21H17F3N4O3. The summed E-state index contributed by atoms with van der Waals surface area (Å²) in [6.45, 7) is 1.20. The Kier molecular flexibility index (Phi) is 6.19. The van der Waals surface area contributed by atoms with Gasteiger partial charge in [0.2, 0.25) is 5.91 Å². The van der Waals surface area contributed by atoms with Crippen LogP contribution in [0.15, 0.2) is 54.9 Å². The molecule has 3 rings (SSSR count). The zero-order valence-corrected chi connectivity index (χ0v) is 16.4. The second-order valence-electron chi connectivity index (χ2n) is 6.39. The van der Waals surface area contributed by atoms with Crippen LogP contribution in [-0.4, -0.2) is 28.9 Å². The smallest absolute Gasteiger partial charge is 0.416 e. The monoisotopic (exact) mass is 430 g/mol. The lowest BCUT2D eigenvalue weighted by atomic mass is 10.1. The predicted molar refractivity (Wildman–Crippen MR) is 108 cm³/mol. The Bertz CT molecular complexity index is 1120. The molecule has 0 radical (unpaired) electrons. The van der Waals surface area contributed by atoms with Crippen molar-refractivity contribution in [3.05, 3.63) is 66.0 Å². The molecule has 7 nitrogen and oxygen atoms in total. The van der Waals surface area contributed by atoms with Crippen LogP contribution in [0.1, 0.15) is 22.8 Å². The van der Waals surface area contributed by atoms with Gasteiger partial charge in [-0.25, -0.2) is 9.97 Å². The SMILES string of the molecule is COc1ccccc1-c1ncc(C(=O)Nc2cc(C(F)(F)F)ccc2NC(C)=O)cn1. The number of nitrogens with one attached hydrogen (secondary N) is 2. The normalized spacial score (nSPS) is 11.0. The fourth-order valence-corrected chi connectivity index (χ4v) is 2.73. The number of aromatic nitrogens is 2. The maximum Gasteiger partial charge on any atom is 0.416 e. The average Bonchev–Trinajstić information content (AvgIpc) is 2.74. The summed E-state index contributed by atoms with van der Waals surface area (Å²) in [5.41, 5.74) is -0.517. The first-order valence-electron chi connectivity index (χ1n) is 8.94. The lowest BCUT2D eigenvalue weighted by molar-refractivity contribution is -0.137. The highest BCUT2D eigenvalue weighted by atomic mass is 19.4. The van der Waals surface area contributed by atoms with Gasteiger partial charge in [-0.3, -0.25) is 9.59 Å². The van der Waals surface area contributed by atoms with E-state index < -0.39 is 23.6 Å². The Balaban J connectivity index is 1.88. The Labute approximate surface area is 175 Å². The minimum Gasteiger partial charge on any atom is -0.496 e. The van der Waals surface area contributed by atoms with Crippen LogP contribution in [-0.2, 0) is 11.0 Å². The van der Waals surface area contributed by atoms with Crippen molar-refractivity contribution >= 4 is 23.2 Å². The molecule has 0 saturated heterocycles. The van der Waals surface area contributed by atoms with Crippen LogP contribution in [0.5, 0.6) is 5.75 Å². The van der Waals surface area contributed by atoms with Gasteiger partial charge in [-0.2, -0.15) is 13.2 Å². The fourth-order valence-electron chi connectivity index (χ4n) is 2.73. The van der Waals surface area contributed by atoms with Gasteiger partial charge in [-0.05, 0) is 30.3 Å². The third-order valence-corrected chi connectivity index (χ3v) is 4.17. The van der Waals surface area contributed by atoms with Crippen molar-refractivity contribution in [2.75, 3.05) is 17.7 Å². The minimum absolute atomic E-state index is 0.0184. The van der Waals surface area contributed by atoms with Crippen molar-refractivity contribution < 1.29 is 27.5 Å². The van der Waals surface area contributed by atoms with Crippen LogP contribution in [0.3, 0.4) is 0 Å². The number of hydrogen-bond donors (Lipinski definition) is 2. The highest BCUT2D eigenvalue weighted by Crippen LogP contribution is 2.34. The minimum atomic E-state index is -4.62. The highest BCUT2D eigenvalue weighted by molar-refractivity contribution is 6.07. The van der Waals surface area contributed by atoms with E-state index in [4.69, 9.17) is 4.74 Å². The number of hydrogen-bond acceptors (Lipinski definition) is 5. The third kappa shape index (κ3) is 5.16. The molecule has 2 amide bonds. The Hall–Kier alpha value is -3.95. The molecule has 0 aliphatic rings. The molecule has 1 heterocycles. The number of carbonyl (C=O) groups excluding carboxylic acids is 2. The molecule has 2 N–H and O–H groups in total. The number of ether oxygens (including phenoxy) is 1. The molecule has 10 heteroatoms. The number of alkyl halides is 3. The van der Waals surface area contributed by atoms with Crippen LogP contribution in [0.4, 0.5) is 24.5 Å². The largest absolute Gasteiger partial charge is 0.496 e. The van der Waals surface area contributed by atoms with Crippen molar-refractivity contribution in [2.24, 2.45) is 0 Å². The molecule has 160 valence electrons. The molecule has 3 aromatic rings. The molecule has 0 aliphatic heterocycles. The second kappa shape index (κ2) is 8.82. The van der Waals surface area contributed by atoms with Crippen molar-refractivity contribution in [2.45, 2.75) is 13.1 Å². The topological polar surface area (TPSA) is 93.2 Å². The fraction of sp³-hybridized carbons (Fsp3) is 0.143. The van der Waals surface area contributed by atoms with Gasteiger partial charge in [-0.15, -0.1) is 0 Å². The molecule has 0 atom stereocenters. The first-order chi connectivity index (χ1) is 14.7. The van der Waals surface area contributed by atoms with E-state index in [2.05, 4.69) is 20.6 Å². The number of halogens is 3. The van der Waals surface area contributed by atoms with Gasteiger partial charge in [0.25, 0.3) is 5.91 Å². The molecule has 0 fully saturated rings. The van der Waals surface area contributed by atoms with E-state index in [1.165, 1.54) is 26.4 Å². The lowest BCUT2D eigenvalue weighted by Crippen LogP contribution is -2.17. The van der Waals surface area contributed by atoms with Crippen LogP contribution < -0.4 is 15.4 Å². The molecule has 0 bridgehead atoms. The van der Waals surface area contributed by atoms with E-state index in [9.17, 15) is 22.8 Å². The van der Waals surface area contributed by atoms with E-state index in [-0.39, 0.29) is 16.9 Å². The summed E-state index contributed by atoms with van der Waals surface area (Å²) in [6.07, 6.45) is -2.13. The first-order valence-corrected chi connectivity index (χ1v) is 8.94. The van der Waals surface area contributed by atoms with Crippen LogP contribution in [0.25, 0.3) is 11.4 Å². The van der Waals surface area contributed by atoms with Crippen molar-refractivity contribution in [1.29, 1.82) is 0 Å². The number of carbonyl (C=O) groups is 2. The number of para-hydroxylation sites is 1. The van der Waals surface area contributed by atoms with Gasteiger partial charge in [0.1, 0.15) is 5.75 Å². The summed E-state index contributed by atoms with van der Waals surface area (Å²) in [4.78, 5) is 32.2. The van der Waals surface area contributed by atoms with E-state index in [0.29, 0.717) is 17.1 Å². The first kappa shape index (κ1) is 21.8. The highest BCUT2D eigenvalue weighted by Gasteiger charge is 2.31. The number of benzene rings is 2.